The van der Waals surface area contributed by atoms with Gasteiger partial charge in [-0.2, -0.15) is 0 Å². The van der Waals surface area contributed by atoms with Crippen molar-refractivity contribution in [3.63, 3.8) is 0 Å². The highest BCUT2D eigenvalue weighted by atomic mass is 32.1. The van der Waals surface area contributed by atoms with E-state index < -0.39 is 0 Å². The number of hydrogen-bond acceptors (Lipinski definition) is 4. The van der Waals surface area contributed by atoms with Crippen LogP contribution in [0.3, 0.4) is 0 Å². The summed E-state index contributed by atoms with van der Waals surface area (Å²) in [7, 11) is 0. The predicted molar refractivity (Wildman–Crippen MR) is 114 cm³/mol. The van der Waals surface area contributed by atoms with Gasteiger partial charge in [0.1, 0.15) is 0 Å². The fourth-order valence-corrected chi connectivity index (χ4v) is 5.20. The smallest absolute Gasteiger partial charge is 0.261 e. The zero-order valence-corrected chi connectivity index (χ0v) is 17.1. The van der Waals surface area contributed by atoms with Crippen molar-refractivity contribution in [2.75, 3.05) is 13.1 Å². The van der Waals surface area contributed by atoms with E-state index in [0.29, 0.717) is 24.3 Å². The van der Waals surface area contributed by atoms with Gasteiger partial charge in [0, 0.05) is 24.4 Å². The number of thiophene rings is 2. The first-order valence-corrected chi connectivity index (χ1v) is 11.2. The molecule has 0 aliphatic carbocycles. The second-order valence-electron chi connectivity index (χ2n) is 6.79. The van der Waals surface area contributed by atoms with Gasteiger partial charge >= 0.3 is 0 Å². The van der Waals surface area contributed by atoms with Crippen LogP contribution in [0.15, 0.2) is 59.3 Å². The minimum absolute atomic E-state index is 0.00981. The normalized spacial score (nSPS) is 15.9. The summed E-state index contributed by atoms with van der Waals surface area (Å²) in [5.41, 5.74) is 2.41. The minimum Gasteiger partial charge on any atom is -0.351 e. The lowest BCUT2D eigenvalue weighted by Crippen LogP contribution is -2.40. The molecule has 0 bridgehead atoms. The average Bonchev–Trinajstić information content (AvgIpc) is 3.42. The Labute approximate surface area is 172 Å². The lowest BCUT2D eigenvalue weighted by atomic mass is 9.93. The standard InChI is InChI=1S/C22H22N2O2S2/c25-20(9-4-12-23-22(26)19-8-5-14-27-19)24-13-10-18-17(11-15-28-18)21(24)16-6-2-1-3-7-16/h1-3,5-8,11,14-15,21H,4,9-10,12-13H2,(H,23,26)/t21-/m0/s1. The Morgan fingerprint density at radius 3 is 2.68 bits per heavy atom. The summed E-state index contributed by atoms with van der Waals surface area (Å²) in [6, 6.07) is 16.1. The summed E-state index contributed by atoms with van der Waals surface area (Å²) < 4.78 is 0. The highest BCUT2D eigenvalue weighted by Crippen LogP contribution is 2.38. The largest absolute Gasteiger partial charge is 0.351 e. The summed E-state index contributed by atoms with van der Waals surface area (Å²) in [6.45, 7) is 1.25. The van der Waals surface area contributed by atoms with Crippen LogP contribution in [-0.2, 0) is 11.2 Å². The number of nitrogens with one attached hydrogen (secondary N) is 1. The van der Waals surface area contributed by atoms with Crippen molar-refractivity contribution in [2.45, 2.75) is 25.3 Å². The van der Waals surface area contributed by atoms with E-state index >= 15 is 0 Å². The molecular weight excluding hydrogens is 388 g/mol. The zero-order valence-electron chi connectivity index (χ0n) is 15.5. The van der Waals surface area contributed by atoms with E-state index in [0.717, 1.165) is 18.5 Å². The van der Waals surface area contributed by atoms with E-state index in [9.17, 15) is 9.59 Å². The first-order valence-electron chi connectivity index (χ1n) is 9.46. The molecule has 1 aliphatic heterocycles. The van der Waals surface area contributed by atoms with Crippen LogP contribution in [0, 0.1) is 0 Å². The van der Waals surface area contributed by atoms with E-state index in [1.54, 1.807) is 11.3 Å². The molecule has 0 radical (unpaired) electrons. The summed E-state index contributed by atoms with van der Waals surface area (Å²) in [5.74, 6) is 0.0848. The number of hydrogen-bond donors (Lipinski definition) is 1. The van der Waals surface area contributed by atoms with Crippen molar-refractivity contribution in [1.29, 1.82) is 0 Å². The Balaban J connectivity index is 1.39. The van der Waals surface area contributed by atoms with Gasteiger partial charge in [-0.25, -0.2) is 0 Å². The van der Waals surface area contributed by atoms with Crippen LogP contribution >= 0.6 is 22.7 Å². The van der Waals surface area contributed by atoms with Crippen molar-refractivity contribution in [3.05, 3.63) is 80.2 Å². The zero-order chi connectivity index (χ0) is 19.3. The maximum Gasteiger partial charge on any atom is 0.261 e. The fraction of sp³-hybridized carbons (Fsp3) is 0.273. The van der Waals surface area contributed by atoms with Crippen molar-refractivity contribution in [2.24, 2.45) is 0 Å². The summed E-state index contributed by atoms with van der Waals surface area (Å²) in [6.07, 6.45) is 2.00. The molecule has 2 amide bonds. The van der Waals surface area contributed by atoms with Gasteiger partial charge < -0.3 is 10.2 Å². The third-order valence-electron chi connectivity index (χ3n) is 5.00. The lowest BCUT2D eigenvalue weighted by molar-refractivity contribution is -0.133. The van der Waals surface area contributed by atoms with E-state index in [2.05, 4.69) is 28.9 Å². The Hall–Kier alpha value is -2.44. The molecule has 2 aromatic heterocycles. The molecule has 0 saturated heterocycles. The van der Waals surface area contributed by atoms with Crippen molar-refractivity contribution in [1.82, 2.24) is 10.2 Å². The van der Waals surface area contributed by atoms with Gasteiger partial charge in [-0.1, -0.05) is 36.4 Å². The lowest BCUT2D eigenvalue weighted by Gasteiger charge is -2.36. The monoisotopic (exact) mass is 410 g/mol. The van der Waals surface area contributed by atoms with Gasteiger partial charge in [-0.3, -0.25) is 9.59 Å². The quantitative estimate of drug-likeness (QED) is 0.609. The number of fused-ring (bicyclic) bond motifs is 1. The summed E-state index contributed by atoms with van der Waals surface area (Å²) in [5, 5.41) is 6.91. The Kier molecular flexibility index (Phi) is 5.88. The van der Waals surface area contributed by atoms with Gasteiger partial charge in [0.2, 0.25) is 5.91 Å². The number of benzene rings is 1. The predicted octanol–water partition coefficient (Wildman–Crippen LogP) is 4.49. The van der Waals surface area contributed by atoms with Crippen LogP contribution in [-0.4, -0.2) is 29.8 Å². The van der Waals surface area contributed by atoms with Gasteiger partial charge in [0.15, 0.2) is 0 Å². The molecular formula is C22H22N2O2S2. The highest BCUT2D eigenvalue weighted by molar-refractivity contribution is 7.12. The SMILES string of the molecule is O=C(NCCCC(=O)N1CCc2sccc2[C@@H]1c1ccccc1)c1cccs1. The van der Waals surface area contributed by atoms with Gasteiger partial charge in [-0.15, -0.1) is 22.7 Å². The maximum atomic E-state index is 13.0. The Bertz CT molecular complexity index is 935. The molecule has 4 nitrogen and oxygen atoms in total. The van der Waals surface area contributed by atoms with E-state index in [1.165, 1.54) is 21.8 Å². The van der Waals surface area contributed by atoms with Gasteiger partial charge in [0.05, 0.1) is 10.9 Å². The molecule has 144 valence electrons. The maximum absolute atomic E-state index is 13.0. The molecule has 4 rings (SSSR count). The molecule has 0 saturated carbocycles. The molecule has 3 aromatic rings. The number of amides is 2. The van der Waals surface area contributed by atoms with Crippen molar-refractivity contribution in [3.8, 4) is 0 Å². The molecule has 28 heavy (non-hydrogen) atoms. The molecule has 0 fully saturated rings. The van der Waals surface area contributed by atoms with Crippen molar-refractivity contribution < 1.29 is 9.59 Å². The highest BCUT2D eigenvalue weighted by Gasteiger charge is 2.32. The summed E-state index contributed by atoms with van der Waals surface area (Å²) in [4.78, 5) is 29.1. The second-order valence-corrected chi connectivity index (χ2v) is 8.73. The minimum atomic E-state index is -0.0644. The number of rotatable bonds is 6. The average molecular weight is 411 g/mol. The Morgan fingerprint density at radius 2 is 1.89 bits per heavy atom. The van der Waals surface area contributed by atoms with Crippen LogP contribution < -0.4 is 5.32 Å². The summed E-state index contributed by atoms with van der Waals surface area (Å²) >= 11 is 3.20. The Morgan fingerprint density at radius 1 is 1.04 bits per heavy atom. The second kappa shape index (κ2) is 8.71. The molecule has 6 heteroatoms. The van der Waals surface area contributed by atoms with E-state index in [-0.39, 0.29) is 17.9 Å². The van der Waals surface area contributed by atoms with E-state index in [1.807, 2.05) is 40.6 Å². The molecule has 0 spiro atoms. The third-order valence-corrected chi connectivity index (χ3v) is 6.86. The molecule has 1 aliphatic rings. The van der Waals surface area contributed by atoms with Crippen LogP contribution in [0.5, 0.6) is 0 Å². The fourth-order valence-electron chi connectivity index (χ4n) is 3.66. The number of carbonyl (C=O) groups is 2. The first kappa shape index (κ1) is 18.9. The van der Waals surface area contributed by atoms with E-state index in [4.69, 9.17) is 0 Å². The molecule has 1 N–H and O–H groups in total. The molecule has 0 unspecified atom stereocenters. The van der Waals surface area contributed by atoms with Crippen molar-refractivity contribution >= 4 is 34.5 Å². The van der Waals surface area contributed by atoms with Gasteiger partial charge in [-0.05, 0) is 46.9 Å². The van der Waals surface area contributed by atoms with Crippen LogP contribution in [0.4, 0.5) is 0 Å². The molecule has 1 atom stereocenters. The molecule has 1 aromatic carbocycles. The van der Waals surface area contributed by atoms with Gasteiger partial charge in [0.25, 0.3) is 5.91 Å². The van der Waals surface area contributed by atoms with Crippen LogP contribution in [0.25, 0.3) is 0 Å². The van der Waals surface area contributed by atoms with Crippen LogP contribution in [0.2, 0.25) is 0 Å². The topological polar surface area (TPSA) is 49.4 Å². The molecule has 3 heterocycles. The van der Waals surface area contributed by atoms with Crippen LogP contribution in [0.1, 0.15) is 44.6 Å². The number of carbonyl (C=O) groups excluding carboxylic acids is 2. The third kappa shape index (κ3) is 4.03. The first-order chi connectivity index (χ1) is 13.7. The number of nitrogens with zero attached hydrogens (tertiary/aromatic N) is 1.